The minimum absolute atomic E-state index is 0.00452. The maximum absolute atomic E-state index is 13.2. The molecule has 9 heteroatoms. The van der Waals surface area contributed by atoms with Crippen LogP contribution in [0.3, 0.4) is 0 Å². The van der Waals surface area contributed by atoms with Crippen LogP contribution in [0.25, 0.3) is 20.7 Å². The number of hydrogen-bond acceptors (Lipinski definition) is 7. The predicted octanol–water partition coefficient (Wildman–Crippen LogP) is 3.34. The fraction of sp³-hybridized carbons (Fsp3) is 0.522. The lowest BCUT2D eigenvalue weighted by Gasteiger charge is -2.48. The van der Waals surface area contributed by atoms with E-state index in [9.17, 15) is 9.59 Å². The lowest BCUT2D eigenvalue weighted by molar-refractivity contribution is -0.123. The molecule has 170 valence electrons. The molecule has 0 radical (unpaired) electrons. The molecule has 2 aliphatic rings. The Morgan fingerprint density at radius 2 is 2.00 bits per heavy atom. The molecule has 1 amide bonds. The summed E-state index contributed by atoms with van der Waals surface area (Å²) < 4.78 is 6.98. The van der Waals surface area contributed by atoms with Gasteiger partial charge in [0.15, 0.2) is 0 Å². The zero-order valence-electron chi connectivity index (χ0n) is 18.0. The van der Waals surface area contributed by atoms with Crippen LogP contribution in [0.2, 0.25) is 0 Å². The van der Waals surface area contributed by atoms with Gasteiger partial charge in [0.05, 0.1) is 24.9 Å². The number of ether oxygens (including phenoxy) is 1. The van der Waals surface area contributed by atoms with Crippen molar-refractivity contribution >= 4 is 38.8 Å². The van der Waals surface area contributed by atoms with Gasteiger partial charge in [0.1, 0.15) is 11.4 Å². The maximum atomic E-state index is 13.2. The SMILES string of the molecule is O=C(Cn1cnc2scc(-c3cccs3)c2c1=O)NCC1(N2CCOCC2)CCCCC1. The molecule has 3 aromatic heterocycles. The highest BCUT2D eigenvalue weighted by Gasteiger charge is 2.38. The van der Waals surface area contributed by atoms with Crippen molar-refractivity contribution in [2.75, 3.05) is 32.8 Å². The summed E-state index contributed by atoms with van der Waals surface area (Å²) in [6, 6.07) is 3.98. The molecule has 1 saturated carbocycles. The molecule has 5 rings (SSSR count). The van der Waals surface area contributed by atoms with Crippen LogP contribution < -0.4 is 10.9 Å². The number of morpholine rings is 1. The van der Waals surface area contributed by atoms with E-state index in [1.54, 1.807) is 11.3 Å². The third kappa shape index (κ3) is 4.26. The first-order valence-electron chi connectivity index (χ1n) is 11.3. The van der Waals surface area contributed by atoms with Crippen molar-refractivity contribution in [1.82, 2.24) is 19.8 Å². The van der Waals surface area contributed by atoms with Gasteiger partial charge in [0.25, 0.3) is 5.56 Å². The molecule has 1 N–H and O–H groups in total. The van der Waals surface area contributed by atoms with E-state index in [-0.39, 0.29) is 23.6 Å². The zero-order valence-corrected chi connectivity index (χ0v) is 19.7. The lowest BCUT2D eigenvalue weighted by Crippen LogP contribution is -2.59. The average Bonchev–Trinajstić information content (AvgIpc) is 3.51. The number of nitrogens with zero attached hydrogens (tertiary/aromatic N) is 3. The van der Waals surface area contributed by atoms with Crippen molar-refractivity contribution in [3.63, 3.8) is 0 Å². The first-order valence-corrected chi connectivity index (χ1v) is 13.0. The Bertz CT molecular complexity index is 1130. The van der Waals surface area contributed by atoms with E-state index in [0.29, 0.717) is 16.8 Å². The van der Waals surface area contributed by atoms with Gasteiger partial charge in [-0.1, -0.05) is 25.3 Å². The van der Waals surface area contributed by atoms with Crippen molar-refractivity contribution < 1.29 is 9.53 Å². The van der Waals surface area contributed by atoms with Gasteiger partial charge >= 0.3 is 0 Å². The highest BCUT2D eigenvalue weighted by Crippen LogP contribution is 2.34. The number of carbonyl (C=O) groups excluding carboxylic acids is 1. The van der Waals surface area contributed by atoms with E-state index in [0.717, 1.165) is 49.6 Å². The van der Waals surface area contributed by atoms with Gasteiger partial charge in [0.2, 0.25) is 5.91 Å². The number of thiophene rings is 2. The molecule has 1 saturated heterocycles. The number of nitrogens with one attached hydrogen (secondary N) is 1. The molecular weight excluding hydrogens is 444 g/mol. The number of amides is 1. The third-order valence-electron chi connectivity index (χ3n) is 6.74. The van der Waals surface area contributed by atoms with Crippen molar-refractivity contribution in [1.29, 1.82) is 0 Å². The van der Waals surface area contributed by atoms with Crippen LogP contribution in [0, 0.1) is 0 Å². The second kappa shape index (κ2) is 9.43. The van der Waals surface area contributed by atoms with Gasteiger partial charge in [-0.2, -0.15) is 0 Å². The Morgan fingerprint density at radius 1 is 1.19 bits per heavy atom. The van der Waals surface area contributed by atoms with Crippen LogP contribution in [0.5, 0.6) is 0 Å². The summed E-state index contributed by atoms with van der Waals surface area (Å²) in [4.78, 5) is 34.8. The molecule has 1 aliphatic carbocycles. The van der Waals surface area contributed by atoms with Crippen LogP contribution in [0.1, 0.15) is 32.1 Å². The molecular formula is C23H28N4O3S2. The first kappa shape index (κ1) is 21.8. The van der Waals surface area contributed by atoms with E-state index in [1.807, 2.05) is 22.9 Å². The molecule has 32 heavy (non-hydrogen) atoms. The third-order valence-corrected chi connectivity index (χ3v) is 8.53. The largest absolute Gasteiger partial charge is 0.379 e. The fourth-order valence-electron chi connectivity index (χ4n) is 5.02. The van der Waals surface area contributed by atoms with Gasteiger partial charge in [-0.3, -0.25) is 19.1 Å². The smallest absolute Gasteiger partial charge is 0.263 e. The van der Waals surface area contributed by atoms with Crippen LogP contribution >= 0.6 is 22.7 Å². The fourth-order valence-corrected chi connectivity index (χ4v) is 6.74. The molecule has 0 bridgehead atoms. The number of carbonyl (C=O) groups is 1. The quantitative estimate of drug-likeness (QED) is 0.596. The molecule has 0 aromatic carbocycles. The minimum atomic E-state index is -0.157. The first-order chi connectivity index (χ1) is 15.7. The van der Waals surface area contributed by atoms with E-state index >= 15 is 0 Å². The highest BCUT2D eigenvalue weighted by molar-refractivity contribution is 7.18. The monoisotopic (exact) mass is 472 g/mol. The Balaban J connectivity index is 1.32. The predicted molar refractivity (Wildman–Crippen MR) is 128 cm³/mol. The Kier molecular flexibility index (Phi) is 6.41. The summed E-state index contributed by atoms with van der Waals surface area (Å²) in [6.07, 6.45) is 7.33. The van der Waals surface area contributed by atoms with Gasteiger partial charge < -0.3 is 10.1 Å². The topological polar surface area (TPSA) is 76.5 Å². The van der Waals surface area contributed by atoms with Crippen molar-refractivity contribution in [3.05, 3.63) is 39.6 Å². The molecule has 4 heterocycles. The normalized spacial score (nSPS) is 19.2. The van der Waals surface area contributed by atoms with Crippen molar-refractivity contribution in [3.8, 4) is 10.4 Å². The maximum Gasteiger partial charge on any atom is 0.263 e. The van der Waals surface area contributed by atoms with E-state index < -0.39 is 0 Å². The summed E-state index contributed by atoms with van der Waals surface area (Å²) in [5, 5.41) is 7.72. The van der Waals surface area contributed by atoms with Crippen LogP contribution in [0.4, 0.5) is 0 Å². The second-order valence-electron chi connectivity index (χ2n) is 8.65. The van der Waals surface area contributed by atoms with Gasteiger partial charge in [-0.25, -0.2) is 4.98 Å². The number of rotatable bonds is 6. The van der Waals surface area contributed by atoms with Gasteiger partial charge in [0, 0.05) is 41.0 Å². The van der Waals surface area contributed by atoms with Gasteiger partial charge in [-0.05, 0) is 24.3 Å². The molecule has 0 atom stereocenters. The van der Waals surface area contributed by atoms with Crippen LogP contribution in [0.15, 0.2) is 34.0 Å². The van der Waals surface area contributed by atoms with E-state index in [4.69, 9.17) is 4.74 Å². The molecule has 3 aromatic rings. The molecule has 2 fully saturated rings. The van der Waals surface area contributed by atoms with E-state index in [1.165, 1.54) is 41.5 Å². The number of fused-ring (bicyclic) bond motifs is 1. The molecule has 0 spiro atoms. The summed E-state index contributed by atoms with van der Waals surface area (Å²) in [5.41, 5.74) is 0.751. The minimum Gasteiger partial charge on any atom is -0.379 e. The summed E-state index contributed by atoms with van der Waals surface area (Å²) in [5.74, 6) is -0.139. The highest BCUT2D eigenvalue weighted by atomic mass is 32.1. The Hall–Kier alpha value is -2.07. The zero-order chi connectivity index (χ0) is 22.0. The summed E-state index contributed by atoms with van der Waals surface area (Å²) in [6.45, 7) is 3.95. The molecule has 0 unspecified atom stereocenters. The lowest BCUT2D eigenvalue weighted by atomic mass is 9.79. The van der Waals surface area contributed by atoms with Crippen LogP contribution in [-0.2, 0) is 16.1 Å². The van der Waals surface area contributed by atoms with Crippen molar-refractivity contribution in [2.24, 2.45) is 0 Å². The summed E-state index contributed by atoms with van der Waals surface area (Å²) >= 11 is 3.06. The number of aromatic nitrogens is 2. The Morgan fingerprint density at radius 3 is 2.75 bits per heavy atom. The van der Waals surface area contributed by atoms with Crippen molar-refractivity contribution in [2.45, 2.75) is 44.2 Å². The Labute approximate surface area is 195 Å². The van der Waals surface area contributed by atoms with Crippen LogP contribution in [-0.4, -0.2) is 58.7 Å². The van der Waals surface area contributed by atoms with E-state index in [2.05, 4.69) is 15.2 Å². The number of hydrogen-bond donors (Lipinski definition) is 1. The average molecular weight is 473 g/mol. The molecule has 1 aliphatic heterocycles. The van der Waals surface area contributed by atoms with Gasteiger partial charge in [-0.15, -0.1) is 22.7 Å². The second-order valence-corrected chi connectivity index (χ2v) is 10.5. The standard InChI is InChI=1S/C23H28N4O3S2/c28-19(24-15-23(6-2-1-3-7-23)27-8-10-30-11-9-27)13-26-16-25-21-20(22(26)29)17(14-32-21)18-5-4-12-31-18/h4-5,12,14,16H,1-3,6-11,13,15H2,(H,24,28). The molecule has 7 nitrogen and oxygen atoms in total. The summed E-state index contributed by atoms with van der Waals surface area (Å²) in [7, 11) is 0.